The Morgan fingerprint density at radius 3 is 2.35 bits per heavy atom. The van der Waals surface area contributed by atoms with Crippen LogP contribution in [0.5, 0.6) is 0 Å². The molecule has 2 rings (SSSR count). The molecule has 0 saturated carbocycles. The molecule has 1 atom stereocenters. The van der Waals surface area contributed by atoms with Crippen LogP contribution in [0.2, 0.25) is 5.02 Å². The summed E-state index contributed by atoms with van der Waals surface area (Å²) < 4.78 is 13.1. The first-order chi connectivity index (χ1) is 9.61. The van der Waals surface area contributed by atoms with Gasteiger partial charge in [-0.25, -0.2) is 4.39 Å². The number of hydrogen-bond donors (Lipinski definition) is 2. The maximum absolute atomic E-state index is 13.1. The van der Waals surface area contributed by atoms with Crippen LogP contribution in [0, 0.1) is 5.82 Å². The van der Waals surface area contributed by atoms with Crippen LogP contribution >= 0.6 is 11.6 Å². The number of rotatable bonds is 5. The lowest BCUT2D eigenvalue weighted by molar-refractivity contribution is 0.207. The number of benzene rings is 2. The summed E-state index contributed by atoms with van der Waals surface area (Å²) in [5.41, 5.74) is 0.886. The van der Waals surface area contributed by atoms with E-state index < -0.39 is 5.54 Å². The molecule has 0 aliphatic carbocycles. The van der Waals surface area contributed by atoms with E-state index in [1.807, 2.05) is 25.1 Å². The van der Waals surface area contributed by atoms with Crippen molar-refractivity contribution in [1.29, 1.82) is 0 Å². The molecule has 0 fully saturated rings. The van der Waals surface area contributed by atoms with Gasteiger partial charge in [-0.15, -0.1) is 0 Å². The molecular formula is C16H17ClFNO. The van der Waals surface area contributed by atoms with E-state index in [-0.39, 0.29) is 12.4 Å². The Kier molecular flexibility index (Phi) is 4.63. The lowest BCUT2D eigenvalue weighted by Crippen LogP contribution is -2.38. The molecule has 0 saturated heterocycles. The Labute approximate surface area is 123 Å². The van der Waals surface area contributed by atoms with Crippen molar-refractivity contribution in [1.82, 2.24) is 0 Å². The van der Waals surface area contributed by atoms with Gasteiger partial charge >= 0.3 is 0 Å². The minimum absolute atomic E-state index is 0.111. The van der Waals surface area contributed by atoms with Crippen molar-refractivity contribution in [3.63, 3.8) is 0 Å². The molecule has 20 heavy (non-hydrogen) atoms. The number of aliphatic hydroxyl groups is 1. The van der Waals surface area contributed by atoms with Crippen molar-refractivity contribution in [2.45, 2.75) is 18.9 Å². The highest BCUT2D eigenvalue weighted by Crippen LogP contribution is 2.32. The average Bonchev–Trinajstić information content (AvgIpc) is 2.48. The molecule has 2 aromatic rings. The van der Waals surface area contributed by atoms with E-state index in [1.165, 1.54) is 12.1 Å². The van der Waals surface area contributed by atoms with Crippen molar-refractivity contribution in [2.75, 3.05) is 11.9 Å². The second kappa shape index (κ2) is 6.25. The first-order valence-corrected chi connectivity index (χ1v) is 6.89. The first-order valence-electron chi connectivity index (χ1n) is 6.51. The summed E-state index contributed by atoms with van der Waals surface area (Å²) in [5, 5.41) is 13.7. The van der Waals surface area contributed by atoms with Crippen LogP contribution in [0.1, 0.15) is 18.9 Å². The normalized spacial score (nSPS) is 13.8. The molecule has 0 aliphatic heterocycles. The lowest BCUT2D eigenvalue weighted by atomic mass is 9.87. The fraction of sp³-hybridized carbons (Fsp3) is 0.250. The molecule has 0 bridgehead atoms. The summed E-state index contributed by atoms with van der Waals surface area (Å²) in [7, 11) is 0. The molecule has 0 heterocycles. The molecule has 0 amide bonds. The number of halogens is 2. The Balaban J connectivity index is 2.39. The van der Waals surface area contributed by atoms with E-state index in [0.717, 1.165) is 11.3 Å². The quantitative estimate of drug-likeness (QED) is 0.866. The van der Waals surface area contributed by atoms with E-state index in [0.29, 0.717) is 11.4 Å². The van der Waals surface area contributed by atoms with Crippen molar-refractivity contribution >= 4 is 17.3 Å². The van der Waals surface area contributed by atoms with Crippen molar-refractivity contribution in [3.05, 3.63) is 64.9 Å². The van der Waals surface area contributed by atoms with E-state index in [4.69, 9.17) is 11.6 Å². The van der Waals surface area contributed by atoms with Gasteiger partial charge in [-0.3, -0.25) is 0 Å². The Morgan fingerprint density at radius 1 is 1.15 bits per heavy atom. The standard InChI is InChI=1S/C16H17ClFNO/c1-2-16(11-20,12-7-9-13(18)10-8-12)19-15-6-4-3-5-14(15)17/h3-10,19-20H,2,11H2,1H3. The molecule has 0 radical (unpaired) electrons. The highest BCUT2D eigenvalue weighted by atomic mass is 35.5. The summed E-state index contributed by atoms with van der Waals surface area (Å²) in [6, 6.07) is 13.5. The van der Waals surface area contributed by atoms with E-state index in [1.54, 1.807) is 18.2 Å². The van der Waals surface area contributed by atoms with E-state index in [9.17, 15) is 9.50 Å². The third-order valence-corrected chi connectivity index (χ3v) is 3.85. The first kappa shape index (κ1) is 14.8. The van der Waals surface area contributed by atoms with E-state index in [2.05, 4.69) is 5.32 Å². The predicted octanol–water partition coefficient (Wildman–Crippen LogP) is 4.19. The van der Waals surface area contributed by atoms with Crippen LogP contribution in [0.3, 0.4) is 0 Å². The summed E-state index contributed by atoms with van der Waals surface area (Å²) in [6.07, 6.45) is 0.639. The van der Waals surface area contributed by atoms with Gasteiger partial charge in [0.1, 0.15) is 5.82 Å². The van der Waals surface area contributed by atoms with Gasteiger partial charge in [-0.05, 0) is 36.2 Å². The fourth-order valence-electron chi connectivity index (χ4n) is 2.20. The topological polar surface area (TPSA) is 32.3 Å². The van der Waals surface area contributed by atoms with Crippen LogP contribution in [-0.4, -0.2) is 11.7 Å². The van der Waals surface area contributed by atoms with Crippen molar-refractivity contribution in [2.24, 2.45) is 0 Å². The molecule has 0 aliphatic rings. The lowest BCUT2D eigenvalue weighted by Gasteiger charge is -2.34. The predicted molar refractivity (Wildman–Crippen MR) is 80.5 cm³/mol. The Morgan fingerprint density at radius 2 is 1.80 bits per heavy atom. The molecule has 1 unspecified atom stereocenters. The minimum atomic E-state index is -0.682. The maximum Gasteiger partial charge on any atom is 0.123 e. The van der Waals surface area contributed by atoms with Gasteiger partial charge < -0.3 is 10.4 Å². The molecule has 2 nitrogen and oxygen atoms in total. The van der Waals surface area contributed by atoms with Crippen molar-refractivity contribution in [3.8, 4) is 0 Å². The highest BCUT2D eigenvalue weighted by molar-refractivity contribution is 6.33. The molecule has 4 heteroatoms. The van der Waals surface area contributed by atoms with Gasteiger partial charge in [0.15, 0.2) is 0 Å². The Hall–Kier alpha value is -1.58. The average molecular weight is 294 g/mol. The van der Waals surface area contributed by atoms with Gasteiger partial charge in [-0.1, -0.05) is 42.8 Å². The molecule has 0 aromatic heterocycles. The van der Waals surface area contributed by atoms with Crippen LogP contribution in [0.15, 0.2) is 48.5 Å². The summed E-state index contributed by atoms with van der Waals surface area (Å²) in [5.74, 6) is -0.297. The monoisotopic (exact) mass is 293 g/mol. The van der Waals surface area contributed by atoms with Crippen LogP contribution in [0.4, 0.5) is 10.1 Å². The molecule has 2 N–H and O–H groups in total. The van der Waals surface area contributed by atoms with Crippen LogP contribution in [-0.2, 0) is 5.54 Å². The van der Waals surface area contributed by atoms with Gasteiger partial charge in [-0.2, -0.15) is 0 Å². The number of para-hydroxylation sites is 1. The second-order valence-corrected chi connectivity index (χ2v) is 5.11. The SMILES string of the molecule is CCC(CO)(Nc1ccccc1Cl)c1ccc(F)cc1. The summed E-state index contributed by atoms with van der Waals surface area (Å²) >= 11 is 6.15. The van der Waals surface area contributed by atoms with Gasteiger partial charge in [0.2, 0.25) is 0 Å². The van der Waals surface area contributed by atoms with Gasteiger partial charge in [0, 0.05) is 0 Å². The molecule has 2 aromatic carbocycles. The minimum Gasteiger partial charge on any atom is -0.394 e. The van der Waals surface area contributed by atoms with E-state index >= 15 is 0 Å². The van der Waals surface area contributed by atoms with Gasteiger partial charge in [0.25, 0.3) is 0 Å². The fourth-order valence-corrected chi connectivity index (χ4v) is 2.38. The maximum atomic E-state index is 13.1. The zero-order chi connectivity index (χ0) is 14.6. The number of nitrogens with one attached hydrogen (secondary N) is 1. The summed E-state index contributed by atoms with van der Waals surface area (Å²) in [4.78, 5) is 0. The number of hydrogen-bond acceptors (Lipinski definition) is 2. The third-order valence-electron chi connectivity index (χ3n) is 3.52. The highest BCUT2D eigenvalue weighted by Gasteiger charge is 2.30. The largest absolute Gasteiger partial charge is 0.394 e. The number of anilines is 1. The van der Waals surface area contributed by atoms with Gasteiger partial charge in [0.05, 0.1) is 22.9 Å². The van der Waals surface area contributed by atoms with Crippen molar-refractivity contribution < 1.29 is 9.50 Å². The third kappa shape index (κ3) is 2.94. The smallest absolute Gasteiger partial charge is 0.123 e. The molecular weight excluding hydrogens is 277 g/mol. The zero-order valence-corrected chi connectivity index (χ0v) is 12.0. The zero-order valence-electron chi connectivity index (χ0n) is 11.2. The Bertz CT molecular complexity index is 567. The number of aliphatic hydroxyl groups excluding tert-OH is 1. The molecule has 0 spiro atoms. The molecule has 106 valence electrons. The van der Waals surface area contributed by atoms with Crippen LogP contribution < -0.4 is 5.32 Å². The summed E-state index contributed by atoms with van der Waals surface area (Å²) in [6.45, 7) is 1.85. The van der Waals surface area contributed by atoms with Crippen LogP contribution in [0.25, 0.3) is 0 Å². The second-order valence-electron chi connectivity index (χ2n) is 4.71.